The Bertz CT molecular complexity index is 306. The van der Waals surface area contributed by atoms with Crippen molar-refractivity contribution in [1.29, 1.82) is 0 Å². The molecule has 0 aromatic carbocycles. The van der Waals surface area contributed by atoms with Gasteiger partial charge < -0.3 is 10.7 Å². The van der Waals surface area contributed by atoms with Gasteiger partial charge >= 0.3 is 6.18 Å². The molecule has 15 heavy (non-hydrogen) atoms. The van der Waals surface area contributed by atoms with Crippen molar-refractivity contribution >= 4 is 0 Å². The van der Waals surface area contributed by atoms with Gasteiger partial charge in [-0.1, -0.05) is 19.8 Å². The zero-order valence-electron chi connectivity index (χ0n) is 8.43. The Morgan fingerprint density at radius 1 is 1.53 bits per heavy atom. The average molecular weight is 221 g/mol. The number of halogens is 3. The zero-order chi connectivity index (χ0) is 11.5. The molecular formula is C9H14F3N3. The number of hydrogen-bond acceptors (Lipinski definition) is 2. The predicted octanol–water partition coefficient (Wildman–Crippen LogP) is 2.62. The van der Waals surface area contributed by atoms with E-state index in [0.717, 1.165) is 19.0 Å². The number of nitrogens with zero attached hydrogens (tertiary/aromatic N) is 1. The fourth-order valence-electron chi connectivity index (χ4n) is 1.23. The molecule has 3 nitrogen and oxygen atoms in total. The lowest BCUT2D eigenvalue weighted by Gasteiger charge is -2.07. The Labute approximate surface area is 85.9 Å². The molecule has 0 bridgehead atoms. The third-order valence-corrected chi connectivity index (χ3v) is 2.12. The summed E-state index contributed by atoms with van der Waals surface area (Å²) in [6.45, 7) is 2.00. The minimum atomic E-state index is -4.38. The van der Waals surface area contributed by atoms with Crippen molar-refractivity contribution in [2.75, 3.05) is 0 Å². The molecule has 0 saturated carbocycles. The molecule has 3 N–H and O–H groups in total. The van der Waals surface area contributed by atoms with Crippen LogP contribution in [0, 0.1) is 0 Å². The maximum Gasteiger partial charge on any atom is 0.432 e. The number of H-pyrrole nitrogens is 1. The van der Waals surface area contributed by atoms with E-state index in [4.69, 9.17) is 5.73 Å². The summed E-state index contributed by atoms with van der Waals surface area (Å²) in [5.74, 6) is 0.204. The zero-order valence-corrected chi connectivity index (χ0v) is 8.43. The van der Waals surface area contributed by atoms with Crippen LogP contribution in [0.3, 0.4) is 0 Å². The van der Waals surface area contributed by atoms with Crippen LogP contribution < -0.4 is 5.73 Å². The number of nitrogens with two attached hydrogens (primary N) is 1. The fourth-order valence-corrected chi connectivity index (χ4v) is 1.23. The highest BCUT2D eigenvalue weighted by Gasteiger charge is 2.33. The molecule has 1 heterocycles. The number of alkyl halides is 3. The largest absolute Gasteiger partial charge is 0.432 e. The number of aromatic amines is 1. The Morgan fingerprint density at radius 2 is 2.20 bits per heavy atom. The van der Waals surface area contributed by atoms with Crippen molar-refractivity contribution in [1.82, 2.24) is 9.97 Å². The first-order valence-electron chi connectivity index (χ1n) is 4.82. The maximum absolute atomic E-state index is 12.2. The first-order chi connectivity index (χ1) is 6.95. The molecule has 0 aliphatic carbocycles. The van der Waals surface area contributed by atoms with Crippen LogP contribution in [0.1, 0.15) is 43.7 Å². The highest BCUT2D eigenvalue weighted by molar-refractivity contribution is 5.07. The Balaban J connectivity index is 2.67. The molecule has 0 aliphatic rings. The normalized spacial score (nSPS) is 14.2. The molecule has 6 heteroatoms. The summed E-state index contributed by atoms with van der Waals surface area (Å²) in [6.07, 6.45) is -1.12. The molecule has 0 radical (unpaired) electrons. The first-order valence-corrected chi connectivity index (χ1v) is 4.82. The van der Waals surface area contributed by atoms with Crippen LogP contribution in [0.25, 0.3) is 0 Å². The Kier molecular flexibility index (Phi) is 3.73. The smallest absolute Gasteiger partial charge is 0.337 e. The molecule has 86 valence electrons. The van der Waals surface area contributed by atoms with Crippen molar-refractivity contribution in [3.8, 4) is 0 Å². The van der Waals surface area contributed by atoms with Crippen LogP contribution >= 0.6 is 0 Å². The molecule has 0 amide bonds. The van der Waals surface area contributed by atoms with E-state index in [1.54, 1.807) is 0 Å². The number of rotatable bonds is 4. The summed E-state index contributed by atoms with van der Waals surface area (Å²) in [5, 5.41) is 0. The van der Waals surface area contributed by atoms with E-state index in [-0.39, 0.29) is 5.82 Å². The standard InChI is InChI=1S/C9H14F3N3/c1-2-3-4-6(13)8-14-5-7(15-8)9(10,11)12/h5-6H,2-4,13H2,1H3,(H,14,15). The number of hydrogen-bond donors (Lipinski definition) is 2. The van der Waals surface area contributed by atoms with E-state index >= 15 is 0 Å². The molecule has 1 unspecified atom stereocenters. The number of unbranched alkanes of at least 4 members (excludes halogenated alkanes) is 1. The molecule has 0 fully saturated rings. The van der Waals surface area contributed by atoms with Gasteiger partial charge in [0.05, 0.1) is 12.2 Å². The first kappa shape index (κ1) is 12.0. The summed E-state index contributed by atoms with van der Waals surface area (Å²) in [6, 6.07) is -0.443. The maximum atomic E-state index is 12.2. The van der Waals surface area contributed by atoms with Crippen LogP contribution in [-0.4, -0.2) is 9.97 Å². The van der Waals surface area contributed by atoms with Gasteiger partial charge in [-0.25, -0.2) is 4.98 Å². The van der Waals surface area contributed by atoms with Gasteiger partial charge in [0.15, 0.2) is 0 Å². The van der Waals surface area contributed by atoms with Gasteiger partial charge in [-0.15, -0.1) is 0 Å². The van der Waals surface area contributed by atoms with Crippen LogP contribution in [0.5, 0.6) is 0 Å². The molecule has 1 atom stereocenters. The molecule has 1 aromatic heterocycles. The van der Waals surface area contributed by atoms with E-state index in [9.17, 15) is 13.2 Å². The van der Waals surface area contributed by atoms with Crippen LogP contribution in [0.15, 0.2) is 6.20 Å². The van der Waals surface area contributed by atoms with E-state index in [1.165, 1.54) is 0 Å². The van der Waals surface area contributed by atoms with E-state index in [1.807, 2.05) is 6.92 Å². The summed E-state index contributed by atoms with van der Waals surface area (Å²) >= 11 is 0. The highest BCUT2D eigenvalue weighted by atomic mass is 19.4. The predicted molar refractivity (Wildman–Crippen MR) is 50.0 cm³/mol. The summed E-state index contributed by atoms with van der Waals surface area (Å²) in [4.78, 5) is 5.84. The van der Waals surface area contributed by atoms with Crippen molar-refractivity contribution in [3.63, 3.8) is 0 Å². The van der Waals surface area contributed by atoms with Crippen molar-refractivity contribution in [2.24, 2.45) is 5.73 Å². The summed E-state index contributed by atoms with van der Waals surface area (Å²) in [7, 11) is 0. The summed E-state index contributed by atoms with van der Waals surface area (Å²) in [5.41, 5.74) is 4.83. The Hall–Kier alpha value is -1.04. The van der Waals surface area contributed by atoms with Gasteiger partial charge in [-0.05, 0) is 6.42 Å². The lowest BCUT2D eigenvalue weighted by molar-refractivity contribution is -0.140. The third kappa shape index (κ3) is 3.23. The molecule has 1 rings (SSSR count). The summed E-state index contributed by atoms with van der Waals surface area (Å²) < 4.78 is 36.6. The SMILES string of the molecule is CCCCC(N)c1ncc(C(F)(F)F)[nH]1. The number of nitrogens with one attached hydrogen (secondary N) is 1. The van der Waals surface area contributed by atoms with Gasteiger partial charge in [0.2, 0.25) is 0 Å². The molecule has 0 aliphatic heterocycles. The van der Waals surface area contributed by atoms with Gasteiger partial charge in [0.25, 0.3) is 0 Å². The number of imidazole rings is 1. The topological polar surface area (TPSA) is 54.7 Å². The average Bonchev–Trinajstić information content (AvgIpc) is 2.62. The Morgan fingerprint density at radius 3 is 2.67 bits per heavy atom. The molecule has 1 aromatic rings. The third-order valence-electron chi connectivity index (χ3n) is 2.12. The monoisotopic (exact) mass is 221 g/mol. The van der Waals surface area contributed by atoms with E-state index < -0.39 is 17.9 Å². The van der Waals surface area contributed by atoms with Gasteiger partial charge in [0, 0.05) is 0 Å². The fraction of sp³-hybridized carbons (Fsp3) is 0.667. The van der Waals surface area contributed by atoms with Crippen molar-refractivity contribution < 1.29 is 13.2 Å². The minimum Gasteiger partial charge on any atom is -0.337 e. The second kappa shape index (κ2) is 4.65. The molecular weight excluding hydrogens is 207 g/mol. The number of aromatic nitrogens is 2. The molecule has 0 spiro atoms. The highest BCUT2D eigenvalue weighted by Crippen LogP contribution is 2.28. The van der Waals surface area contributed by atoms with Crippen molar-refractivity contribution in [3.05, 3.63) is 17.7 Å². The second-order valence-electron chi connectivity index (χ2n) is 3.43. The van der Waals surface area contributed by atoms with Crippen molar-refractivity contribution in [2.45, 2.75) is 38.4 Å². The minimum absolute atomic E-state index is 0.204. The molecule has 0 saturated heterocycles. The quantitative estimate of drug-likeness (QED) is 0.821. The van der Waals surface area contributed by atoms with Crippen LogP contribution in [0.4, 0.5) is 13.2 Å². The van der Waals surface area contributed by atoms with E-state index in [0.29, 0.717) is 6.42 Å². The van der Waals surface area contributed by atoms with Gasteiger partial charge in [-0.2, -0.15) is 13.2 Å². The van der Waals surface area contributed by atoms with Gasteiger partial charge in [0.1, 0.15) is 11.5 Å². The second-order valence-corrected chi connectivity index (χ2v) is 3.43. The van der Waals surface area contributed by atoms with Crippen LogP contribution in [0.2, 0.25) is 0 Å². The van der Waals surface area contributed by atoms with Crippen LogP contribution in [-0.2, 0) is 6.18 Å². The lowest BCUT2D eigenvalue weighted by Crippen LogP contribution is -2.13. The lowest BCUT2D eigenvalue weighted by atomic mass is 10.1. The van der Waals surface area contributed by atoms with Gasteiger partial charge in [-0.3, -0.25) is 0 Å². The van der Waals surface area contributed by atoms with E-state index in [2.05, 4.69) is 9.97 Å².